The van der Waals surface area contributed by atoms with Crippen molar-refractivity contribution in [1.29, 1.82) is 0 Å². The first-order valence-electron chi connectivity index (χ1n) is 7.98. The highest BCUT2D eigenvalue weighted by Crippen LogP contribution is 2.20. The van der Waals surface area contributed by atoms with Crippen LogP contribution in [0.25, 0.3) is 0 Å². The number of amides is 1. The molecule has 0 fully saturated rings. The number of nitrogens with one attached hydrogen (secondary N) is 1. The number of ether oxygens (including phenoxy) is 1. The Hall–Kier alpha value is -2.67. The molecule has 7 heteroatoms. The van der Waals surface area contributed by atoms with E-state index in [1.807, 2.05) is 6.07 Å². The first-order valence-corrected chi connectivity index (χ1v) is 9.71. The summed E-state index contributed by atoms with van der Waals surface area (Å²) in [6.07, 6.45) is 2.13. The minimum Gasteiger partial charge on any atom is -0.496 e. The third kappa shape index (κ3) is 5.42. The van der Waals surface area contributed by atoms with Crippen LogP contribution in [-0.4, -0.2) is 41.1 Å². The fourth-order valence-electron chi connectivity index (χ4n) is 2.53. The van der Waals surface area contributed by atoms with E-state index < -0.39 is 16.8 Å². The number of carbonyl (C=O) groups excluding carboxylic acids is 1. The van der Waals surface area contributed by atoms with E-state index in [4.69, 9.17) is 9.84 Å². The maximum Gasteiger partial charge on any atom is 0.335 e. The van der Waals surface area contributed by atoms with Gasteiger partial charge in [-0.25, -0.2) is 4.79 Å². The standard InChI is InChI=1S/C19H21NO5S/c1-25-17-11-16(19(22)23)7-6-14(17)8-9-20-18(21)15-5-3-4-13(10-15)12-26(2)24/h3-7,10-11H,8-9,12H2,1-2H3,(H,20,21)(H,22,23). The summed E-state index contributed by atoms with van der Waals surface area (Å²) < 4.78 is 16.5. The Balaban J connectivity index is 1.98. The molecule has 2 N–H and O–H groups in total. The highest BCUT2D eigenvalue weighted by atomic mass is 32.2. The molecule has 1 amide bonds. The molecule has 0 radical (unpaired) electrons. The van der Waals surface area contributed by atoms with Crippen molar-refractivity contribution in [3.63, 3.8) is 0 Å². The van der Waals surface area contributed by atoms with Crippen LogP contribution in [0.3, 0.4) is 0 Å². The van der Waals surface area contributed by atoms with Crippen LogP contribution in [0.1, 0.15) is 31.8 Å². The van der Waals surface area contributed by atoms with Crippen molar-refractivity contribution >= 4 is 22.7 Å². The van der Waals surface area contributed by atoms with Gasteiger partial charge in [-0.3, -0.25) is 9.00 Å². The molecule has 6 nitrogen and oxygen atoms in total. The third-order valence-electron chi connectivity index (χ3n) is 3.77. The predicted molar refractivity (Wildman–Crippen MR) is 100 cm³/mol. The third-order valence-corrected chi connectivity index (χ3v) is 4.51. The fraction of sp³-hybridized carbons (Fsp3) is 0.263. The molecule has 138 valence electrons. The minimum absolute atomic E-state index is 0.153. The topological polar surface area (TPSA) is 92.7 Å². The number of carboxylic acids is 1. The van der Waals surface area contributed by atoms with Crippen LogP contribution < -0.4 is 10.1 Å². The molecule has 0 saturated heterocycles. The Morgan fingerprint density at radius 2 is 1.92 bits per heavy atom. The lowest BCUT2D eigenvalue weighted by molar-refractivity contribution is 0.0696. The summed E-state index contributed by atoms with van der Waals surface area (Å²) in [5.41, 5.74) is 2.33. The van der Waals surface area contributed by atoms with Crippen LogP contribution in [-0.2, 0) is 23.0 Å². The summed E-state index contributed by atoms with van der Waals surface area (Å²) in [5.74, 6) is -0.341. The Labute approximate surface area is 154 Å². The normalized spacial score (nSPS) is 11.6. The molecule has 0 aliphatic rings. The number of aromatic carboxylic acids is 1. The van der Waals surface area contributed by atoms with Gasteiger partial charge in [0.1, 0.15) is 5.75 Å². The highest BCUT2D eigenvalue weighted by Gasteiger charge is 2.10. The fourth-order valence-corrected chi connectivity index (χ4v) is 3.18. The van der Waals surface area contributed by atoms with Crippen LogP contribution >= 0.6 is 0 Å². The first-order chi connectivity index (χ1) is 12.4. The van der Waals surface area contributed by atoms with E-state index in [0.717, 1.165) is 11.1 Å². The lowest BCUT2D eigenvalue weighted by Gasteiger charge is -2.11. The van der Waals surface area contributed by atoms with Gasteiger partial charge in [0.25, 0.3) is 5.91 Å². The van der Waals surface area contributed by atoms with Gasteiger partial charge in [-0.05, 0) is 41.8 Å². The lowest BCUT2D eigenvalue weighted by Crippen LogP contribution is -2.26. The molecule has 0 aliphatic carbocycles. The van der Waals surface area contributed by atoms with E-state index in [9.17, 15) is 13.8 Å². The van der Waals surface area contributed by atoms with E-state index in [2.05, 4.69) is 5.32 Å². The molecule has 0 heterocycles. The second-order valence-corrected chi connectivity index (χ2v) is 7.19. The van der Waals surface area contributed by atoms with Gasteiger partial charge in [-0.2, -0.15) is 0 Å². The van der Waals surface area contributed by atoms with E-state index in [-0.39, 0.29) is 11.5 Å². The molecule has 0 bridgehead atoms. The lowest BCUT2D eigenvalue weighted by atomic mass is 10.1. The van der Waals surface area contributed by atoms with Gasteiger partial charge in [0.05, 0.1) is 12.7 Å². The molecule has 2 aromatic carbocycles. The monoisotopic (exact) mass is 375 g/mol. The van der Waals surface area contributed by atoms with E-state index in [1.54, 1.807) is 30.5 Å². The van der Waals surface area contributed by atoms with Crippen LogP contribution in [0, 0.1) is 0 Å². The summed E-state index contributed by atoms with van der Waals surface area (Å²) in [6, 6.07) is 11.7. The number of hydrogen-bond acceptors (Lipinski definition) is 4. The zero-order valence-electron chi connectivity index (χ0n) is 14.7. The van der Waals surface area contributed by atoms with Crippen LogP contribution in [0.15, 0.2) is 42.5 Å². The van der Waals surface area contributed by atoms with Crippen molar-refractivity contribution in [3.05, 3.63) is 64.7 Å². The number of carboxylic acid groups (broad SMARTS) is 1. The van der Waals surface area contributed by atoms with E-state index in [0.29, 0.717) is 30.0 Å². The molecule has 1 unspecified atom stereocenters. The summed E-state index contributed by atoms with van der Waals surface area (Å²) in [5, 5.41) is 11.8. The number of carbonyl (C=O) groups is 2. The number of rotatable bonds is 8. The molecule has 0 aromatic heterocycles. The molecule has 0 aliphatic heterocycles. The molecule has 1 atom stereocenters. The van der Waals surface area contributed by atoms with Gasteiger partial charge in [-0.1, -0.05) is 18.2 Å². The Bertz CT molecular complexity index is 834. The molecule has 0 spiro atoms. The summed E-state index contributed by atoms with van der Waals surface area (Å²) >= 11 is 0. The predicted octanol–water partition coefficient (Wildman–Crippen LogP) is 2.24. The number of benzene rings is 2. The first kappa shape index (κ1) is 19.7. The molecule has 26 heavy (non-hydrogen) atoms. The zero-order valence-corrected chi connectivity index (χ0v) is 15.5. The summed E-state index contributed by atoms with van der Waals surface area (Å²) in [7, 11) is 0.513. The van der Waals surface area contributed by atoms with Crippen molar-refractivity contribution in [2.45, 2.75) is 12.2 Å². The van der Waals surface area contributed by atoms with Crippen molar-refractivity contribution < 1.29 is 23.6 Å². The van der Waals surface area contributed by atoms with Gasteiger partial charge < -0.3 is 15.2 Å². The van der Waals surface area contributed by atoms with Crippen molar-refractivity contribution in [1.82, 2.24) is 5.32 Å². The molecule has 2 aromatic rings. The second kappa shape index (κ2) is 9.15. The van der Waals surface area contributed by atoms with Gasteiger partial charge in [0.15, 0.2) is 0 Å². The van der Waals surface area contributed by atoms with Crippen LogP contribution in [0.2, 0.25) is 0 Å². The average molecular weight is 375 g/mol. The number of methoxy groups -OCH3 is 1. The van der Waals surface area contributed by atoms with E-state index >= 15 is 0 Å². The number of hydrogen-bond donors (Lipinski definition) is 2. The smallest absolute Gasteiger partial charge is 0.335 e. The van der Waals surface area contributed by atoms with Gasteiger partial charge in [0.2, 0.25) is 0 Å². The van der Waals surface area contributed by atoms with Crippen LogP contribution in [0.5, 0.6) is 5.75 Å². The quantitative estimate of drug-likeness (QED) is 0.738. The molecule has 0 saturated carbocycles. The average Bonchev–Trinajstić information content (AvgIpc) is 2.61. The minimum atomic E-state index is -1.02. The largest absolute Gasteiger partial charge is 0.496 e. The van der Waals surface area contributed by atoms with Crippen molar-refractivity contribution in [2.75, 3.05) is 19.9 Å². The Kier molecular flexibility index (Phi) is 6.91. The SMILES string of the molecule is COc1cc(C(=O)O)ccc1CCNC(=O)c1cccc(CS(C)=O)c1. The van der Waals surface area contributed by atoms with Gasteiger partial charge in [0, 0.05) is 34.9 Å². The van der Waals surface area contributed by atoms with Crippen molar-refractivity contribution in [2.24, 2.45) is 0 Å². The van der Waals surface area contributed by atoms with Gasteiger partial charge in [-0.15, -0.1) is 0 Å². The maximum absolute atomic E-state index is 12.3. The maximum atomic E-state index is 12.3. The summed E-state index contributed by atoms with van der Waals surface area (Å²) in [4.78, 5) is 23.3. The summed E-state index contributed by atoms with van der Waals surface area (Å²) in [6.45, 7) is 0.381. The zero-order chi connectivity index (χ0) is 19.1. The molecular formula is C19H21NO5S. The molecular weight excluding hydrogens is 354 g/mol. The Morgan fingerprint density at radius 1 is 1.15 bits per heavy atom. The highest BCUT2D eigenvalue weighted by molar-refractivity contribution is 7.83. The van der Waals surface area contributed by atoms with Crippen molar-refractivity contribution in [3.8, 4) is 5.75 Å². The Morgan fingerprint density at radius 3 is 2.58 bits per heavy atom. The van der Waals surface area contributed by atoms with Gasteiger partial charge >= 0.3 is 5.97 Å². The second-order valence-electron chi connectivity index (χ2n) is 5.76. The van der Waals surface area contributed by atoms with E-state index in [1.165, 1.54) is 19.2 Å². The van der Waals surface area contributed by atoms with Crippen LogP contribution in [0.4, 0.5) is 0 Å². The molecule has 2 rings (SSSR count).